The molecule has 0 bridgehead atoms. The second-order valence-electron chi connectivity index (χ2n) is 9.98. The predicted octanol–water partition coefficient (Wildman–Crippen LogP) is 6.02. The van der Waals surface area contributed by atoms with Crippen LogP contribution < -0.4 is 4.90 Å². The normalized spacial score (nSPS) is 22.7. The predicted molar refractivity (Wildman–Crippen MR) is 125 cm³/mol. The number of aromatic nitrogens is 1. The van der Waals surface area contributed by atoms with E-state index in [-0.39, 0.29) is 5.41 Å². The number of aryl methyl sites for hydroxylation is 1. The summed E-state index contributed by atoms with van der Waals surface area (Å²) in [4.78, 5) is 27.1. The molecule has 0 spiro atoms. The minimum absolute atomic E-state index is 0.0213. The highest BCUT2D eigenvalue weighted by Crippen LogP contribution is 2.49. The van der Waals surface area contributed by atoms with Crippen LogP contribution in [0.15, 0.2) is 36.5 Å². The van der Waals surface area contributed by atoms with E-state index in [2.05, 4.69) is 23.8 Å². The maximum absolute atomic E-state index is 13.5. The van der Waals surface area contributed by atoms with Crippen LogP contribution in [0.4, 0.5) is 10.5 Å². The lowest BCUT2D eigenvalue weighted by atomic mass is 9.70. The SMILES string of the molecule is CC[C@]12CCCn3ccc(c31)-c1ccccc1N(C(=O)OC(C)(C)C)C(OC(C)=O)CC2. The first-order valence-electron chi connectivity index (χ1n) is 11.6. The minimum atomic E-state index is -0.730. The second-order valence-corrected chi connectivity index (χ2v) is 9.98. The highest BCUT2D eigenvalue weighted by atomic mass is 16.6. The number of amides is 1. The number of hydrogen-bond donors (Lipinski definition) is 0. The molecule has 2 atom stereocenters. The first-order valence-corrected chi connectivity index (χ1v) is 11.6. The molecule has 2 aromatic rings. The quantitative estimate of drug-likeness (QED) is 0.538. The van der Waals surface area contributed by atoms with E-state index in [4.69, 9.17) is 9.47 Å². The summed E-state index contributed by atoms with van der Waals surface area (Å²) in [5.41, 5.74) is 3.47. The average molecular weight is 439 g/mol. The van der Waals surface area contributed by atoms with Gasteiger partial charge in [-0.2, -0.15) is 0 Å². The molecule has 0 aliphatic carbocycles. The minimum Gasteiger partial charge on any atom is -0.443 e. The fourth-order valence-electron chi connectivity index (χ4n) is 5.36. The fourth-order valence-corrected chi connectivity index (χ4v) is 5.36. The molecule has 0 radical (unpaired) electrons. The largest absolute Gasteiger partial charge is 0.443 e. The monoisotopic (exact) mass is 438 g/mol. The van der Waals surface area contributed by atoms with Crippen LogP contribution >= 0.6 is 0 Å². The Morgan fingerprint density at radius 2 is 1.88 bits per heavy atom. The lowest BCUT2D eigenvalue weighted by molar-refractivity contribution is -0.146. The Morgan fingerprint density at radius 1 is 1.12 bits per heavy atom. The molecular formula is C26H34N2O4. The zero-order valence-electron chi connectivity index (χ0n) is 19.8. The smallest absolute Gasteiger partial charge is 0.417 e. The third kappa shape index (κ3) is 4.03. The summed E-state index contributed by atoms with van der Waals surface area (Å²) in [6, 6.07) is 10.0. The van der Waals surface area contributed by atoms with Crippen molar-refractivity contribution >= 4 is 17.7 Å². The maximum atomic E-state index is 13.5. The van der Waals surface area contributed by atoms with Crippen LogP contribution in [0, 0.1) is 0 Å². The lowest BCUT2D eigenvalue weighted by Gasteiger charge is -2.39. The summed E-state index contributed by atoms with van der Waals surface area (Å²) in [5.74, 6) is -0.406. The number of ether oxygens (including phenoxy) is 2. The van der Waals surface area contributed by atoms with Crippen molar-refractivity contribution in [1.82, 2.24) is 4.57 Å². The fraction of sp³-hybridized carbons (Fsp3) is 0.538. The number of carbonyl (C=O) groups excluding carboxylic acids is 2. The number of nitrogens with zero attached hydrogens (tertiary/aromatic N) is 2. The van der Waals surface area contributed by atoms with Gasteiger partial charge in [-0.15, -0.1) is 0 Å². The third-order valence-electron chi connectivity index (χ3n) is 6.70. The molecule has 1 aromatic heterocycles. The van der Waals surface area contributed by atoms with Crippen molar-refractivity contribution < 1.29 is 19.1 Å². The van der Waals surface area contributed by atoms with Gasteiger partial charge >= 0.3 is 12.1 Å². The van der Waals surface area contributed by atoms with Crippen molar-refractivity contribution in [3.63, 3.8) is 0 Å². The zero-order chi connectivity index (χ0) is 23.1. The summed E-state index contributed by atoms with van der Waals surface area (Å²) in [6.07, 6.45) is 5.51. The van der Waals surface area contributed by atoms with Crippen molar-refractivity contribution in [2.45, 2.75) is 90.5 Å². The van der Waals surface area contributed by atoms with Gasteiger partial charge in [0.05, 0.1) is 5.69 Å². The molecule has 6 heteroatoms. The first kappa shape index (κ1) is 22.4. The second kappa shape index (κ2) is 8.30. The molecule has 32 heavy (non-hydrogen) atoms. The Hall–Kier alpha value is -2.76. The summed E-state index contributed by atoms with van der Waals surface area (Å²) >= 11 is 0. The summed E-state index contributed by atoms with van der Waals surface area (Å²) < 4.78 is 13.9. The summed E-state index contributed by atoms with van der Waals surface area (Å²) in [7, 11) is 0. The number of benzene rings is 1. The van der Waals surface area contributed by atoms with Crippen molar-refractivity contribution in [1.29, 1.82) is 0 Å². The van der Waals surface area contributed by atoms with Crippen molar-refractivity contribution in [2.75, 3.05) is 4.90 Å². The number of para-hydroxylation sites is 1. The molecule has 6 nitrogen and oxygen atoms in total. The molecule has 1 amide bonds. The molecule has 1 aromatic carbocycles. The van der Waals surface area contributed by atoms with E-state index in [1.807, 2.05) is 45.0 Å². The van der Waals surface area contributed by atoms with Gasteiger partial charge in [0.2, 0.25) is 0 Å². The van der Waals surface area contributed by atoms with Crippen LogP contribution in [-0.2, 0) is 26.2 Å². The topological polar surface area (TPSA) is 60.8 Å². The molecular weight excluding hydrogens is 404 g/mol. The van der Waals surface area contributed by atoms with E-state index in [0.717, 1.165) is 43.4 Å². The summed E-state index contributed by atoms with van der Waals surface area (Å²) in [6.45, 7) is 10.2. The van der Waals surface area contributed by atoms with Gasteiger partial charge in [0.1, 0.15) is 5.60 Å². The first-order chi connectivity index (χ1) is 15.1. The van der Waals surface area contributed by atoms with E-state index >= 15 is 0 Å². The van der Waals surface area contributed by atoms with E-state index < -0.39 is 23.9 Å². The highest BCUT2D eigenvalue weighted by molar-refractivity contribution is 5.95. The highest BCUT2D eigenvalue weighted by Gasteiger charge is 2.43. The van der Waals surface area contributed by atoms with Gasteiger partial charge in [0.15, 0.2) is 6.23 Å². The molecule has 1 unspecified atom stereocenters. The van der Waals surface area contributed by atoms with Crippen LogP contribution in [0.2, 0.25) is 0 Å². The molecule has 0 saturated carbocycles. The number of anilines is 1. The Bertz CT molecular complexity index is 1020. The van der Waals surface area contributed by atoms with E-state index in [1.54, 1.807) is 4.90 Å². The van der Waals surface area contributed by atoms with E-state index in [1.165, 1.54) is 12.6 Å². The number of esters is 1. The van der Waals surface area contributed by atoms with Crippen molar-refractivity contribution in [3.05, 3.63) is 42.2 Å². The molecule has 3 heterocycles. The van der Waals surface area contributed by atoms with Crippen molar-refractivity contribution in [2.24, 2.45) is 0 Å². The molecule has 2 aliphatic rings. The molecule has 0 saturated heterocycles. The van der Waals surface area contributed by atoms with E-state index in [9.17, 15) is 9.59 Å². The van der Waals surface area contributed by atoms with E-state index in [0.29, 0.717) is 12.1 Å². The van der Waals surface area contributed by atoms with Crippen LogP contribution in [0.5, 0.6) is 0 Å². The Morgan fingerprint density at radius 3 is 2.56 bits per heavy atom. The zero-order valence-corrected chi connectivity index (χ0v) is 19.8. The van der Waals surface area contributed by atoms with Gasteiger partial charge in [-0.05, 0) is 58.6 Å². The van der Waals surface area contributed by atoms with Crippen molar-refractivity contribution in [3.8, 4) is 11.1 Å². The van der Waals surface area contributed by atoms with Crippen LogP contribution in [0.3, 0.4) is 0 Å². The van der Waals surface area contributed by atoms with Gasteiger partial charge in [-0.25, -0.2) is 9.69 Å². The van der Waals surface area contributed by atoms with Crippen LogP contribution in [-0.4, -0.2) is 28.5 Å². The lowest BCUT2D eigenvalue weighted by Crippen LogP contribution is -2.46. The third-order valence-corrected chi connectivity index (χ3v) is 6.70. The van der Waals surface area contributed by atoms with Gasteiger partial charge < -0.3 is 14.0 Å². The Balaban J connectivity index is 1.94. The Labute approximate surface area is 190 Å². The van der Waals surface area contributed by atoms with Gasteiger partial charge in [-0.3, -0.25) is 4.79 Å². The van der Waals surface area contributed by atoms with Gasteiger partial charge in [0, 0.05) is 48.3 Å². The molecule has 0 fully saturated rings. The number of carbonyl (C=O) groups is 2. The summed E-state index contributed by atoms with van der Waals surface area (Å²) in [5, 5.41) is 0. The van der Waals surface area contributed by atoms with Gasteiger partial charge in [0.25, 0.3) is 0 Å². The average Bonchev–Trinajstić information content (AvgIpc) is 3.16. The number of hydrogen-bond acceptors (Lipinski definition) is 4. The molecule has 172 valence electrons. The molecule has 0 N–H and O–H groups in total. The van der Waals surface area contributed by atoms with Crippen LogP contribution in [0.1, 0.15) is 72.4 Å². The number of rotatable bonds is 2. The number of fused-ring (bicyclic) bond motifs is 2. The standard InChI is InChI=1S/C26H34N2O4/c1-6-26-14-9-16-27-17-13-20(23(26)27)19-10-7-8-11-21(19)28(24(30)32-25(3,4)5)22(12-15-26)31-18(2)29/h7-8,10-11,13,17,22H,6,9,12,14-16H2,1-5H3/t22?,26-/m1/s1. The Kier molecular flexibility index (Phi) is 5.82. The molecule has 4 rings (SSSR count). The van der Waals surface area contributed by atoms with Gasteiger partial charge in [-0.1, -0.05) is 25.1 Å². The maximum Gasteiger partial charge on any atom is 0.417 e. The molecule has 2 aliphatic heterocycles. The van der Waals surface area contributed by atoms with Crippen LogP contribution in [0.25, 0.3) is 11.1 Å².